The molecule has 1 aliphatic rings. The van der Waals surface area contributed by atoms with Gasteiger partial charge in [0.25, 0.3) is 0 Å². The first kappa shape index (κ1) is 22.1. The zero-order valence-corrected chi connectivity index (χ0v) is 18.9. The summed E-state index contributed by atoms with van der Waals surface area (Å²) in [6.07, 6.45) is 0.0641. The number of aromatic nitrogens is 2. The van der Waals surface area contributed by atoms with Gasteiger partial charge in [0.1, 0.15) is 22.9 Å². The molecule has 1 saturated heterocycles. The molecule has 4 atom stereocenters. The Morgan fingerprint density at radius 3 is 2.30 bits per heavy atom. The molecule has 0 aliphatic carbocycles. The highest BCUT2D eigenvalue weighted by molar-refractivity contribution is 6.58. The van der Waals surface area contributed by atoms with E-state index in [-0.39, 0.29) is 12.2 Å². The largest absolute Gasteiger partial charge is 0.390 e. The Balaban J connectivity index is 2.70. The van der Waals surface area contributed by atoms with Gasteiger partial charge in [0.2, 0.25) is 0 Å². The van der Waals surface area contributed by atoms with Crippen LogP contribution < -0.4 is 11.4 Å². The maximum absolute atomic E-state index is 12.6. The van der Waals surface area contributed by atoms with Gasteiger partial charge in [0.15, 0.2) is 0 Å². The Kier molecular flexibility index (Phi) is 5.46. The molecule has 7 nitrogen and oxygen atoms in total. The number of hydrogen-bond donors (Lipinski definition) is 3. The summed E-state index contributed by atoms with van der Waals surface area (Å²) in [5, 5.41) is 21.9. The third kappa shape index (κ3) is 3.60. The van der Waals surface area contributed by atoms with Crippen molar-refractivity contribution in [3.8, 4) is 0 Å². The number of nitrogens with zero attached hydrogens (tertiary/aromatic N) is 2. The van der Waals surface area contributed by atoms with Crippen LogP contribution in [0, 0.1) is 10.8 Å². The molecule has 0 amide bonds. The van der Waals surface area contributed by atoms with Crippen LogP contribution in [0.25, 0.3) is 0 Å². The molecule has 1 aromatic heterocycles. The van der Waals surface area contributed by atoms with Crippen molar-refractivity contribution in [2.75, 3.05) is 5.73 Å². The minimum atomic E-state index is -1.73. The molecule has 0 aromatic carbocycles. The van der Waals surface area contributed by atoms with Crippen LogP contribution in [0.3, 0.4) is 0 Å². The van der Waals surface area contributed by atoms with Crippen LogP contribution in [0.1, 0.15) is 48.0 Å². The zero-order chi connectivity index (χ0) is 21.0. The predicted octanol–water partition coefficient (Wildman–Crippen LogP) is 1.48. The Morgan fingerprint density at radius 1 is 1.33 bits per heavy atom. The van der Waals surface area contributed by atoms with Crippen molar-refractivity contribution >= 4 is 14.6 Å². The van der Waals surface area contributed by atoms with Gasteiger partial charge < -0.3 is 20.7 Å². The monoisotopic (exact) mass is 397 g/mol. The molecular weight excluding hydrogens is 362 g/mol. The van der Waals surface area contributed by atoms with Gasteiger partial charge in [-0.05, 0) is 16.9 Å². The second kappa shape index (κ2) is 6.68. The Bertz CT molecular complexity index is 753. The number of nitrogens with two attached hydrogens (primary N) is 1. The lowest BCUT2D eigenvalue weighted by Gasteiger charge is -2.44. The van der Waals surface area contributed by atoms with Gasteiger partial charge in [-0.15, -0.1) is 0 Å². The third-order valence-corrected chi connectivity index (χ3v) is 8.36. The molecule has 27 heavy (non-hydrogen) atoms. The molecule has 1 fully saturated rings. The molecule has 0 radical (unpaired) electrons. The Hall–Kier alpha value is -1.22. The number of aliphatic hydroxyl groups excluding tert-OH is 1. The predicted molar refractivity (Wildman–Crippen MR) is 109 cm³/mol. The molecule has 1 aromatic rings. The molecule has 2 heterocycles. The average molecular weight is 398 g/mol. The molecule has 1 unspecified atom stereocenters. The van der Waals surface area contributed by atoms with E-state index in [0.29, 0.717) is 0 Å². The van der Waals surface area contributed by atoms with E-state index in [1.807, 2.05) is 41.5 Å². The molecule has 0 saturated carbocycles. The van der Waals surface area contributed by atoms with Crippen molar-refractivity contribution in [1.82, 2.24) is 9.55 Å². The van der Waals surface area contributed by atoms with Crippen molar-refractivity contribution in [2.45, 2.75) is 84.2 Å². The quantitative estimate of drug-likeness (QED) is 0.666. The van der Waals surface area contributed by atoms with E-state index in [9.17, 15) is 15.0 Å². The SMILES string of the molecule is C[SiH](C)[C@]1(n2ccc(N)nc2=O)C[C@@](O)(C(C)(C)C)[C@@H](C(O)C(C)(C)C)O1. The van der Waals surface area contributed by atoms with Crippen molar-refractivity contribution in [2.24, 2.45) is 10.8 Å². The van der Waals surface area contributed by atoms with Gasteiger partial charge in [0.05, 0.1) is 14.9 Å². The first-order valence-electron chi connectivity index (χ1n) is 9.50. The third-order valence-electron chi connectivity index (χ3n) is 5.93. The minimum Gasteiger partial charge on any atom is -0.390 e. The summed E-state index contributed by atoms with van der Waals surface area (Å²) in [7, 11) is -1.73. The number of aliphatic hydroxyl groups is 2. The van der Waals surface area contributed by atoms with E-state index < -0.39 is 48.5 Å². The summed E-state index contributed by atoms with van der Waals surface area (Å²) in [4.78, 5) is 16.5. The van der Waals surface area contributed by atoms with E-state index in [1.54, 1.807) is 12.3 Å². The molecule has 154 valence electrons. The number of hydrogen-bond acceptors (Lipinski definition) is 6. The molecule has 0 spiro atoms. The second-order valence-electron chi connectivity index (χ2n) is 10.2. The summed E-state index contributed by atoms with van der Waals surface area (Å²) in [6.45, 7) is 15.7. The molecule has 8 heteroatoms. The highest BCUT2D eigenvalue weighted by Crippen LogP contribution is 2.53. The second-order valence-corrected chi connectivity index (χ2v) is 13.4. The van der Waals surface area contributed by atoms with E-state index in [2.05, 4.69) is 18.1 Å². The fourth-order valence-electron chi connectivity index (χ4n) is 3.78. The van der Waals surface area contributed by atoms with E-state index in [0.717, 1.165) is 0 Å². The van der Waals surface area contributed by atoms with Crippen molar-refractivity contribution < 1.29 is 14.9 Å². The summed E-state index contributed by atoms with van der Waals surface area (Å²) in [5.41, 5.74) is 2.77. The summed E-state index contributed by atoms with van der Waals surface area (Å²) in [5.74, 6) is 0.146. The van der Waals surface area contributed by atoms with Crippen LogP contribution in [0.2, 0.25) is 13.1 Å². The van der Waals surface area contributed by atoms with E-state index in [4.69, 9.17) is 10.5 Å². The molecule has 4 N–H and O–H groups in total. The summed E-state index contributed by atoms with van der Waals surface area (Å²) >= 11 is 0. The Morgan fingerprint density at radius 2 is 1.89 bits per heavy atom. The normalized spacial score (nSPS) is 30.7. The lowest BCUT2D eigenvalue weighted by atomic mass is 9.68. The molecule has 1 aliphatic heterocycles. The zero-order valence-electron chi connectivity index (χ0n) is 17.8. The van der Waals surface area contributed by atoms with Gasteiger partial charge in [-0.25, -0.2) is 4.79 Å². The van der Waals surface area contributed by atoms with Gasteiger partial charge in [-0.3, -0.25) is 4.57 Å². The van der Waals surface area contributed by atoms with E-state index in [1.165, 1.54) is 4.57 Å². The van der Waals surface area contributed by atoms with Crippen LogP contribution in [0.15, 0.2) is 17.1 Å². The summed E-state index contributed by atoms with van der Waals surface area (Å²) in [6, 6.07) is 1.56. The molecule has 0 bridgehead atoms. The van der Waals surface area contributed by atoms with Crippen LogP contribution in [-0.2, 0) is 10.1 Å². The van der Waals surface area contributed by atoms with E-state index >= 15 is 0 Å². The number of ether oxygens (including phenoxy) is 1. The number of anilines is 1. The van der Waals surface area contributed by atoms with Crippen molar-refractivity contribution in [1.29, 1.82) is 0 Å². The highest BCUT2D eigenvalue weighted by atomic mass is 28.3. The van der Waals surface area contributed by atoms with Crippen LogP contribution in [0.4, 0.5) is 5.82 Å². The minimum absolute atomic E-state index is 0.146. The molecular formula is C19H35N3O4Si. The maximum Gasteiger partial charge on any atom is 0.351 e. The van der Waals surface area contributed by atoms with Crippen LogP contribution in [-0.4, -0.2) is 46.4 Å². The van der Waals surface area contributed by atoms with Crippen LogP contribution in [0.5, 0.6) is 0 Å². The van der Waals surface area contributed by atoms with Crippen molar-refractivity contribution in [3.63, 3.8) is 0 Å². The van der Waals surface area contributed by atoms with Gasteiger partial charge in [0, 0.05) is 12.6 Å². The highest BCUT2D eigenvalue weighted by Gasteiger charge is 2.65. The topological polar surface area (TPSA) is 111 Å². The maximum atomic E-state index is 12.6. The standard InChI is InChI=1S/C19H35N3O4Si/c1-16(2,3)13(23)14-18(25,17(4,5)6)11-19(26-14,27(7)8)22-10-9-12(20)21-15(22)24/h9-10,13-14,23,25,27H,11H2,1-8H3,(H2,20,21,24)/t13?,14-,18+,19+/m1/s1. The molecule has 2 rings (SSSR count). The van der Waals surface area contributed by atoms with Gasteiger partial charge >= 0.3 is 5.69 Å². The number of rotatable bonds is 3. The first-order valence-corrected chi connectivity index (χ1v) is 12.4. The average Bonchev–Trinajstić information content (AvgIpc) is 2.81. The number of nitrogen functional groups attached to an aromatic ring is 1. The van der Waals surface area contributed by atoms with Crippen LogP contribution >= 0.6 is 0 Å². The first-order chi connectivity index (χ1) is 12.1. The van der Waals surface area contributed by atoms with Crippen molar-refractivity contribution in [3.05, 3.63) is 22.7 Å². The fourth-order valence-corrected chi connectivity index (χ4v) is 5.67. The smallest absolute Gasteiger partial charge is 0.351 e. The fraction of sp³-hybridized carbons (Fsp3) is 0.789. The Labute approximate surface area is 163 Å². The lowest BCUT2D eigenvalue weighted by molar-refractivity contribution is -0.180. The van der Waals surface area contributed by atoms with Gasteiger partial charge in [-0.2, -0.15) is 4.98 Å². The summed E-state index contributed by atoms with van der Waals surface area (Å²) < 4.78 is 7.96. The van der Waals surface area contributed by atoms with Gasteiger partial charge in [-0.1, -0.05) is 54.6 Å². The lowest BCUT2D eigenvalue weighted by Crippen LogP contribution is -2.57.